The molecule has 0 aliphatic carbocycles. The van der Waals surface area contributed by atoms with E-state index in [4.69, 9.17) is 9.47 Å². The molecule has 2 amide bonds. The van der Waals surface area contributed by atoms with Gasteiger partial charge in [-0.3, -0.25) is 9.59 Å². The van der Waals surface area contributed by atoms with Gasteiger partial charge >= 0.3 is 0 Å². The molecule has 1 N–H and O–H groups in total. The van der Waals surface area contributed by atoms with Crippen LogP contribution in [0.3, 0.4) is 0 Å². The number of hydrogen-bond donors (Lipinski definition) is 1. The molecule has 1 saturated heterocycles. The number of amides is 2. The Morgan fingerprint density at radius 2 is 1.97 bits per heavy atom. The van der Waals surface area contributed by atoms with Crippen LogP contribution in [0.4, 0.5) is 5.69 Å². The van der Waals surface area contributed by atoms with Gasteiger partial charge in [0.25, 0.3) is 0 Å². The Labute approximate surface area is 170 Å². The summed E-state index contributed by atoms with van der Waals surface area (Å²) in [4.78, 5) is 26.6. The molecule has 1 unspecified atom stereocenters. The number of nitrogens with zero attached hydrogens (tertiary/aromatic N) is 1. The van der Waals surface area contributed by atoms with Crippen LogP contribution in [0.5, 0.6) is 11.5 Å². The lowest BCUT2D eigenvalue weighted by Crippen LogP contribution is -2.33. The van der Waals surface area contributed by atoms with Crippen molar-refractivity contribution in [2.75, 3.05) is 24.8 Å². The topological polar surface area (TPSA) is 67.9 Å². The van der Waals surface area contributed by atoms with Crippen LogP contribution in [0.2, 0.25) is 0 Å². The van der Waals surface area contributed by atoms with E-state index in [1.54, 1.807) is 17.0 Å². The molecule has 0 radical (unpaired) electrons. The number of anilines is 1. The Bertz CT molecular complexity index is 940. The SMILES string of the molecule is Cc1ccc(CCCNC(=O)C2CC(=O)N(c3ccc4c(c3)OCO4)C2)c(C)c1. The van der Waals surface area contributed by atoms with E-state index in [1.807, 2.05) is 6.07 Å². The first-order valence-electron chi connectivity index (χ1n) is 10.0. The molecule has 2 aromatic carbocycles. The quantitative estimate of drug-likeness (QED) is 0.765. The fraction of sp³-hybridized carbons (Fsp3) is 0.391. The average molecular weight is 394 g/mol. The average Bonchev–Trinajstić information content (AvgIpc) is 3.32. The van der Waals surface area contributed by atoms with E-state index in [-0.39, 0.29) is 30.9 Å². The second-order valence-corrected chi connectivity index (χ2v) is 7.77. The molecule has 0 aromatic heterocycles. The Balaban J connectivity index is 1.28. The minimum atomic E-state index is -0.325. The summed E-state index contributed by atoms with van der Waals surface area (Å²) in [7, 11) is 0. The smallest absolute Gasteiger partial charge is 0.231 e. The molecule has 1 fully saturated rings. The lowest BCUT2D eigenvalue weighted by molar-refractivity contribution is -0.126. The van der Waals surface area contributed by atoms with Gasteiger partial charge in [-0.25, -0.2) is 0 Å². The summed E-state index contributed by atoms with van der Waals surface area (Å²) in [6, 6.07) is 11.9. The van der Waals surface area contributed by atoms with E-state index < -0.39 is 0 Å². The van der Waals surface area contributed by atoms with E-state index in [0.29, 0.717) is 24.6 Å². The summed E-state index contributed by atoms with van der Waals surface area (Å²) < 4.78 is 10.7. The van der Waals surface area contributed by atoms with Crippen molar-refractivity contribution in [2.45, 2.75) is 33.1 Å². The van der Waals surface area contributed by atoms with Gasteiger partial charge < -0.3 is 19.7 Å². The number of carbonyl (C=O) groups is 2. The monoisotopic (exact) mass is 394 g/mol. The molecule has 152 valence electrons. The third kappa shape index (κ3) is 4.21. The number of carbonyl (C=O) groups excluding carboxylic acids is 2. The van der Waals surface area contributed by atoms with Gasteiger partial charge in [-0.15, -0.1) is 0 Å². The molecule has 0 bridgehead atoms. The first-order chi connectivity index (χ1) is 14.0. The molecule has 0 saturated carbocycles. The van der Waals surface area contributed by atoms with Crippen molar-refractivity contribution in [2.24, 2.45) is 5.92 Å². The minimum Gasteiger partial charge on any atom is -0.454 e. The van der Waals surface area contributed by atoms with E-state index in [2.05, 4.69) is 37.4 Å². The Hall–Kier alpha value is -3.02. The normalized spacial score (nSPS) is 17.7. The molecular weight excluding hydrogens is 368 g/mol. The number of aryl methyl sites for hydroxylation is 3. The minimum absolute atomic E-state index is 0.0423. The van der Waals surface area contributed by atoms with E-state index in [0.717, 1.165) is 18.5 Å². The maximum atomic E-state index is 12.5. The molecule has 2 aromatic rings. The van der Waals surface area contributed by atoms with Crippen molar-refractivity contribution >= 4 is 17.5 Å². The van der Waals surface area contributed by atoms with Crippen molar-refractivity contribution < 1.29 is 19.1 Å². The van der Waals surface area contributed by atoms with Gasteiger partial charge in [0.1, 0.15) is 0 Å². The number of benzene rings is 2. The first kappa shape index (κ1) is 19.3. The third-order valence-corrected chi connectivity index (χ3v) is 5.58. The van der Waals surface area contributed by atoms with Gasteiger partial charge in [-0.2, -0.15) is 0 Å². The fourth-order valence-electron chi connectivity index (χ4n) is 3.95. The summed E-state index contributed by atoms with van der Waals surface area (Å²) in [5.41, 5.74) is 4.61. The van der Waals surface area contributed by atoms with Crippen LogP contribution in [-0.4, -0.2) is 31.7 Å². The highest BCUT2D eigenvalue weighted by molar-refractivity contribution is 6.00. The Morgan fingerprint density at radius 3 is 2.79 bits per heavy atom. The summed E-state index contributed by atoms with van der Waals surface area (Å²) >= 11 is 0. The van der Waals surface area contributed by atoms with Gasteiger partial charge in [0.2, 0.25) is 18.6 Å². The highest BCUT2D eigenvalue weighted by Gasteiger charge is 2.35. The molecule has 2 aliphatic rings. The number of hydrogen-bond acceptors (Lipinski definition) is 4. The van der Waals surface area contributed by atoms with Crippen LogP contribution in [0, 0.1) is 19.8 Å². The zero-order chi connectivity index (χ0) is 20.4. The highest BCUT2D eigenvalue weighted by atomic mass is 16.7. The van der Waals surface area contributed by atoms with Crippen LogP contribution < -0.4 is 19.7 Å². The van der Waals surface area contributed by atoms with E-state index >= 15 is 0 Å². The van der Waals surface area contributed by atoms with Crippen molar-refractivity contribution in [3.63, 3.8) is 0 Å². The third-order valence-electron chi connectivity index (χ3n) is 5.58. The first-order valence-corrected chi connectivity index (χ1v) is 10.0. The van der Waals surface area contributed by atoms with Gasteiger partial charge in [-0.05, 0) is 49.9 Å². The van der Waals surface area contributed by atoms with Gasteiger partial charge in [-0.1, -0.05) is 23.8 Å². The number of fused-ring (bicyclic) bond motifs is 1. The zero-order valence-electron chi connectivity index (χ0n) is 16.9. The second-order valence-electron chi connectivity index (χ2n) is 7.77. The molecule has 1 atom stereocenters. The van der Waals surface area contributed by atoms with Gasteiger partial charge in [0.05, 0.1) is 5.92 Å². The maximum Gasteiger partial charge on any atom is 0.231 e. The molecule has 2 heterocycles. The van der Waals surface area contributed by atoms with Crippen LogP contribution in [0.15, 0.2) is 36.4 Å². The van der Waals surface area contributed by atoms with Crippen molar-refractivity contribution in [3.05, 3.63) is 53.1 Å². The molecule has 4 rings (SSSR count). The molecule has 6 nitrogen and oxygen atoms in total. The molecule has 2 aliphatic heterocycles. The molecular formula is C23H26N2O4. The van der Waals surface area contributed by atoms with Crippen molar-refractivity contribution in [1.82, 2.24) is 5.32 Å². The van der Waals surface area contributed by atoms with E-state index in [9.17, 15) is 9.59 Å². The number of nitrogens with one attached hydrogen (secondary N) is 1. The van der Waals surface area contributed by atoms with Crippen molar-refractivity contribution in [3.8, 4) is 11.5 Å². The lowest BCUT2D eigenvalue weighted by Gasteiger charge is -2.17. The highest BCUT2D eigenvalue weighted by Crippen LogP contribution is 2.37. The molecule has 6 heteroatoms. The summed E-state index contributed by atoms with van der Waals surface area (Å²) in [6.07, 6.45) is 2.04. The maximum absolute atomic E-state index is 12.5. The summed E-state index contributed by atoms with van der Waals surface area (Å²) in [5.74, 6) is 0.892. The predicted octanol–water partition coefficient (Wildman–Crippen LogP) is 3.13. The summed E-state index contributed by atoms with van der Waals surface area (Å²) in [6.45, 7) is 5.41. The Kier molecular flexibility index (Phi) is 5.43. The van der Waals surface area contributed by atoms with Gasteiger partial charge in [0, 0.05) is 31.3 Å². The Morgan fingerprint density at radius 1 is 1.14 bits per heavy atom. The van der Waals surface area contributed by atoms with Crippen LogP contribution >= 0.6 is 0 Å². The number of rotatable bonds is 6. The van der Waals surface area contributed by atoms with Crippen LogP contribution in [-0.2, 0) is 16.0 Å². The predicted molar refractivity (Wildman–Crippen MR) is 110 cm³/mol. The number of ether oxygens (including phenoxy) is 2. The van der Waals surface area contributed by atoms with E-state index in [1.165, 1.54) is 16.7 Å². The zero-order valence-corrected chi connectivity index (χ0v) is 16.9. The second kappa shape index (κ2) is 8.15. The molecule has 29 heavy (non-hydrogen) atoms. The lowest BCUT2D eigenvalue weighted by atomic mass is 10.0. The molecule has 0 spiro atoms. The van der Waals surface area contributed by atoms with Crippen molar-refractivity contribution in [1.29, 1.82) is 0 Å². The fourth-order valence-corrected chi connectivity index (χ4v) is 3.95. The van der Waals surface area contributed by atoms with Gasteiger partial charge in [0.15, 0.2) is 11.5 Å². The largest absolute Gasteiger partial charge is 0.454 e. The standard InChI is InChI=1S/C23H26N2O4/c1-15-5-6-17(16(2)10-15)4-3-9-24-23(27)18-11-22(26)25(13-18)19-7-8-20-21(12-19)29-14-28-20/h5-8,10,12,18H,3-4,9,11,13-14H2,1-2H3,(H,24,27). The summed E-state index contributed by atoms with van der Waals surface area (Å²) in [5, 5.41) is 3.00. The van der Waals surface area contributed by atoms with Crippen LogP contribution in [0.1, 0.15) is 29.5 Å². The van der Waals surface area contributed by atoms with Crippen LogP contribution in [0.25, 0.3) is 0 Å².